The van der Waals surface area contributed by atoms with E-state index in [0.717, 1.165) is 0 Å². The van der Waals surface area contributed by atoms with Crippen LogP contribution in [0.15, 0.2) is 35.1 Å². The molecule has 87 heavy (non-hydrogen) atoms. The average molecular weight is 1230 g/mol. The van der Waals surface area contributed by atoms with Crippen molar-refractivity contribution in [1.29, 1.82) is 0 Å². The Kier molecular flexibility index (Phi) is 21.0. The topological polar surface area (TPSA) is 346 Å². The molecular weight excluding hydrogens is 1140 g/mol. The fraction of sp³-hybridized carbons (Fsp3) is 0.758. The van der Waals surface area contributed by atoms with E-state index in [1.807, 2.05) is 44.7 Å². The highest BCUT2D eigenvalue weighted by Gasteiger charge is 2.67. The summed E-state index contributed by atoms with van der Waals surface area (Å²) in [5.74, 6) is -11.1. The zero-order valence-corrected chi connectivity index (χ0v) is 52.6. The van der Waals surface area contributed by atoms with Gasteiger partial charge < -0.3 is 89.0 Å². The quantitative estimate of drug-likeness (QED) is 0.0909. The van der Waals surface area contributed by atoms with Gasteiger partial charge in [-0.3, -0.25) is 33.8 Å². The highest BCUT2D eigenvalue weighted by Crippen LogP contribution is 2.57. The molecule has 0 radical (unpaired) electrons. The smallest absolute Gasteiger partial charge is 0.311 e. The number of esters is 1. The van der Waals surface area contributed by atoms with Gasteiger partial charge in [-0.15, -0.1) is 0 Å². The van der Waals surface area contributed by atoms with Crippen molar-refractivity contribution in [1.82, 2.24) is 20.0 Å². The van der Waals surface area contributed by atoms with Gasteiger partial charge in [-0.25, -0.2) is 0 Å². The third-order valence-electron chi connectivity index (χ3n) is 20.0. The number of fused-ring (bicyclic) bond motifs is 3. The number of aliphatic hydroxyl groups is 7. The first-order chi connectivity index (χ1) is 40.7. The summed E-state index contributed by atoms with van der Waals surface area (Å²) in [6.45, 7) is 18.2. The number of likely N-dealkylation sites (N-methyl/N-ethyl adjacent to an activating group) is 2. The number of benzene rings is 1. The lowest BCUT2D eigenvalue weighted by molar-refractivity contribution is -0.299. The van der Waals surface area contributed by atoms with E-state index in [-0.39, 0.29) is 78.8 Å². The fourth-order valence-corrected chi connectivity index (χ4v) is 14.4. The van der Waals surface area contributed by atoms with Gasteiger partial charge in [-0.2, -0.15) is 0 Å². The summed E-state index contributed by atoms with van der Waals surface area (Å²) in [7, 11) is 8.42. The van der Waals surface area contributed by atoms with Crippen LogP contribution in [-0.4, -0.2) is 250 Å². The zero-order chi connectivity index (χ0) is 64.3. The van der Waals surface area contributed by atoms with E-state index >= 15 is 0 Å². The summed E-state index contributed by atoms with van der Waals surface area (Å²) in [4.78, 5) is 74.0. The molecule has 5 heterocycles. The minimum atomic E-state index is -2.74. The molecule has 25 nitrogen and oxygen atoms in total. The number of carbonyl (C=O) groups excluding carboxylic acids is 5. The number of nitrogens with one attached hydrogen (secondary N) is 1. The van der Waals surface area contributed by atoms with Crippen LogP contribution < -0.4 is 5.32 Å². The minimum Gasteiger partial charge on any atom is -0.508 e. The van der Waals surface area contributed by atoms with Crippen molar-refractivity contribution in [2.24, 2.45) is 41.4 Å². The molecule has 3 aliphatic carbocycles. The highest BCUT2D eigenvalue weighted by atomic mass is 16.7. The molecule has 5 aliphatic heterocycles. The molecule has 1 spiro atoms. The Morgan fingerprint density at radius 2 is 1.46 bits per heavy atom. The van der Waals surface area contributed by atoms with E-state index in [9.17, 15) is 64.8 Å². The molecule has 0 aromatic heterocycles. The van der Waals surface area contributed by atoms with Gasteiger partial charge >= 0.3 is 5.97 Å². The normalized spacial score (nSPS) is 42.4. The molecule has 9 N–H and O–H groups in total. The summed E-state index contributed by atoms with van der Waals surface area (Å²) in [5, 5.41) is 92.3. The number of ether oxygens (including phenoxy) is 8. The first-order valence-electron chi connectivity index (χ1n) is 30.5. The summed E-state index contributed by atoms with van der Waals surface area (Å²) in [5.41, 5.74) is -6.72. The predicted molar refractivity (Wildman–Crippen MR) is 310 cm³/mol. The molecule has 488 valence electrons. The number of cyclic esters (lactones) is 1. The van der Waals surface area contributed by atoms with E-state index in [4.69, 9.17) is 37.9 Å². The molecule has 0 unspecified atom stereocenters. The number of aliphatic hydroxyl groups excluding tert-OH is 5. The number of phenols is 1. The number of ketones is 3. The van der Waals surface area contributed by atoms with Crippen molar-refractivity contribution >= 4 is 35.0 Å². The van der Waals surface area contributed by atoms with Gasteiger partial charge in [-0.05, 0) is 99.6 Å². The molecule has 0 bridgehead atoms. The molecule has 5 saturated heterocycles. The monoisotopic (exact) mass is 1230 g/mol. The minimum absolute atomic E-state index is 0.0572. The van der Waals surface area contributed by atoms with E-state index < -0.39 is 160 Å². The van der Waals surface area contributed by atoms with Crippen molar-refractivity contribution in [3.8, 4) is 5.75 Å². The summed E-state index contributed by atoms with van der Waals surface area (Å²) < 4.78 is 48.3. The number of nitrogens with zero attached hydrogens (tertiary/aromatic N) is 3. The second-order valence-electron chi connectivity index (χ2n) is 26.3. The molecule has 1 saturated carbocycles. The Hall–Kier alpha value is -4.55. The second-order valence-corrected chi connectivity index (χ2v) is 26.3. The van der Waals surface area contributed by atoms with Crippen LogP contribution in [0.2, 0.25) is 0 Å². The Labute approximate surface area is 508 Å². The Balaban J connectivity index is 0.000000230. The van der Waals surface area contributed by atoms with Gasteiger partial charge in [0.1, 0.15) is 41.2 Å². The van der Waals surface area contributed by atoms with Gasteiger partial charge in [0.05, 0.1) is 86.2 Å². The van der Waals surface area contributed by atoms with Gasteiger partial charge in [0.25, 0.3) is 5.91 Å². The van der Waals surface area contributed by atoms with Crippen molar-refractivity contribution in [3.63, 3.8) is 0 Å². The zero-order valence-electron chi connectivity index (χ0n) is 52.6. The first kappa shape index (κ1) is 68.4. The Morgan fingerprint density at radius 3 is 2.07 bits per heavy atom. The number of epoxide rings is 1. The molecule has 6 fully saturated rings. The number of aromatic hydroxyl groups is 1. The fourth-order valence-electron chi connectivity index (χ4n) is 14.4. The SMILES string of the molecule is CN(C)[C@@H]1C(=O)C(C(=O)NCN2CCOCC2)=C(O)[C@@]2(O)C(=O)C3=C(O)c4c(O)cccc4[C@@](C)(O)[C@H]3C[C@@H]12.CO[C@H]1C[C@H](O[C@H]2[C@H](C)[C@@H](O[C@@H]3O[C@H](C)C[C@H](N(C)C)[C@H]3O)[C@H](C)C[C@@]3(CO3)C(=O)[C@H](C)[C@@H](O)[C@@H](C)[C@@H](C)OC(=O)[C@@H]2C)O[C@@H](C)[C@@H]1O. The van der Waals surface area contributed by atoms with Crippen LogP contribution in [0.1, 0.15) is 99.1 Å². The van der Waals surface area contributed by atoms with Crippen molar-refractivity contribution < 1.29 is 103 Å². The Morgan fingerprint density at radius 1 is 0.805 bits per heavy atom. The molecule has 9 rings (SSSR count). The summed E-state index contributed by atoms with van der Waals surface area (Å²) in [6, 6.07) is 2.86. The number of hydrogen-bond acceptors (Lipinski definition) is 24. The van der Waals surface area contributed by atoms with Gasteiger partial charge in [0.2, 0.25) is 5.78 Å². The largest absolute Gasteiger partial charge is 0.508 e. The van der Waals surface area contributed by atoms with Crippen LogP contribution in [0.3, 0.4) is 0 Å². The van der Waals surface area contributed by atoms with E-state index in [1.54, 1.807) is 48.7 Å². The number of rotatable bonds is 10. The average Bonchev–Trinajstić information content (AvgIpc) is 0.858. The van der Waals surface area contributed by atoms with Crippen molar-refractivity contribution in [2.75, 3.05) is 74.9 Å². The number of morpholine rings is 1. The maximum Gasteiger partial charge on any atom is 0.311 e. The molecule has 8 aliphatic rings. The standard InChI is InChI=1S/C35H61NO12.C27H33N3O9/c1-16-14-35(15-43-35)32(40)19(4)27(37)18(3)22(7)46-33(41)21(6)31(47-26-13-25(42-11)28(38)23(8)45-26)20(5)30(16)48-34-29(39)24(36(9)10)12-17(2)44-34;1-26(37)13-5-4-6-16(31)17(13)21(32)18-14(26)11-15-20(29(2)3)22(33)19(24(35)27(15,38)23(18)34)25(36)28-12-30-7-9-39-10-8-30/h16-31,34,37-39H,12-15H2,1-11H3;4-6,14-15,20,31-32,35,37-38H,7-12H2,1-3H3,(H,28,36)/t16-,17-,18+,19-,20-,21-,22-,23+,24+,25+,26+,27+,28+,29-,30+,31+,34+,35-;14-,15-,20-,26+,27-/m10/s1. The van der Waals surface area contributed by atoms with Crippen LogP contribution in [0.4, 0.5) is 0 Å². The lowest BCUT2D eigenvalue weighted by Crippen LogP contribution is -2.67. The summed E-state index contributed by atoms with van der Waals surface area (Å²) in [6.07, 6.45) is -7.34. The number of carbonyl (C=O) groups is 5. The maximum atomic E-state index is 14.1. The van der Waals surface area contributed by atoms with Gasteiger partial charge in [-0.1, -0.05) is 39.8 Å². The van der Waals surface area contributed by atoms with Gasteiger partial charge in [0.15, 0.2) is 35.3 Å². The molecule has 1 amide bonds. The van der Waals surface area contributed by atoms with E-state index in [2.05, 4.69) is 5.32 Å². The third-order valence-corrected chi connectivity index (χ3v) is 20.0. The first-order valence-corrected chi connectivity index (χ1v) is 30.5. The van der Waals surface area contributed by atoms with Crippen LogP contribution in [0.5, 0.6) is 5.75 Å². The molecule has 23 atom stereocenters. The van der Waals surface area contributed by atoms with E-state index in [1.165, 1.54) is 37.1 Å². The summed E-state index contributed by atoms with van der Waals surface area (Å²) >= 11 is 0. The highest BCUT2D eigenvalue weighted by molar-refractivity contribution is 6.25. The van der Waals surface area contributed by atoms with Crippen LogP contribution in [0.25, 0.3) is 5.76 Å². The van der Waals surface area contributed by atoms with Crippen LogP contribution in [-0.2, 0) is 67.5 Å². The van der Waals surface area contributed by atoms with Crippen LogP contribution in [0, 0.1) is 41.4 Å². The molecule has 1 aromatic rings. The number of phenolic OH excluding ortho intramolecular Hbond substituents is 1. The van der Waals surface area contributed by atoms with E-state index in [0.29, 0.717) is 32.7 Å². The van der Waals surface area contributed by atoms with Gasteiger partial charge in [0, 0.05) is 67.8 Å². The molecule has 25 heteroatoms. The maximum absolute atomic E-state index is 14.1. The lowest BCUT2D eigenvalue weighted by atomic mass is 9.54. The number of methoxy groups -OCH3 is 1. The van der Waals surface area contributed by atoms with Crippen molar-refractivity contribution in [3.05, 3.63) is 46.2 Å². The molecule has 1 aromatic carbocycles. The number of hydrogen-bond donors (Lipinski definition) is 9. The lowest BCUT2D eigenvalue weighted by Gasteiger charge is -2.53. The number of amides is 1. The second kappa shape index (κ2) is 26.7. The third kappa shape index (κ3) is 13.1. The molecular formula is C62H94N4O21. The van der Waals surface area contributed by atoms with Crippen molar-refractivity contribution in [2.45, 2.75) is 184 Å². The Bertz CT molecular complexity index is 2760. The van der Waals surface area contributed by atoms with Crippen LogP contribution >= 0.6 is 0 Å². The predicted octanol–water partition coefficient (Wildman–Crippen LogP) is 1.46. The number of Topliss-reactive ketones (excluding diaryl/α,β-unsaturated/α-hetero) is 3.